The third kappa shape index (κ3) is 4.56. The average molecular weight is 365 g/mol. The number of hydrogen-bond donors (Lipinski definition) is 2. The lowest BCUT2D eigenvalue weighted by Gasteiger charge is -2.21. The zero-order valence-corrected chi connectivity index (χ0v) is 13.4. The molecule has 0 saturated heterocycles. The number of anilines is 1. The number of hydrogen-bond acceptors (Lipinski definition) is 3. The van der Waals surface area contributed by atoms with Crippen molar-refractivity contribution < 1.29 is 0 Å². The molecule has 0 amide bonds. The first-order valence-electron chi connectivity index (χ1n) is 5.88. The van der Waals surface area contributed by atoms with Crippen LogP contribution < -0.4 is 11.1 Å². The van der Waals surface area contributed by atoms with Crippen molar-refractivity contribution in [1.29, 1.82) is 0 Å². The molecule has 0 bridgehead atoms. The Labute approximate surface area is 120 Å². The van der Waals surface area contributed by atoms with E-state index in [9.17, 15) is 0 Å². The smallest absolute Gasteiger partial charge is 0.140 e. The molecule has 0 fully saturated rings. The highest BCUT2D eigenvalue weighted by Gasteiger charge is 2.14. The number of nitrogens with two attached hydrogens (primary N) is 1. The fourth-order valence-corrected chi connectivity index (χ4v) is 2.95. The molecule has 0 aliphatic heterocycles. The van der Waals surface area contributed by atoms with Gasteiger partial charge in [0.25, 0.3) is 0 Å². The zero-order chi connectivity index (χ0) is 12.8. The number of rotatable bonds is 6. The van der Waals surface area contributed by atoms with Gasteiger partial charge in [-0.25, -0.2) is 4.98 Å². The van der Waals surface area contributed by atoms with Crippen molar-refractivity contribution in [1.82, 2.24) is 4.98 Å². The highest BCUT2D eigenvalue weighted by atomic mass is 79.9. The minimum atomic E-state index is 0.169. The van der Waals surface area contributed by atoms with Crippen molar-refractivity contribution in [3.8, 4) is 0 Å². The fraction of sp³-hybridized carbons (Fsp3) is 0.583. The van der Waals surface area contributed by atoms with Gasteiger partial charge in [-0.2, -0.15) is 0 Å². The molecule has 0 spiro atoms. The molecule has 1 heterocycles. The highest BCUT2D eigenvalue weighted by Crippen LogP contribution is 2.23. The molecule has 1 aromatic rings. The lowest BCUT2D eigenvalue weighted by molar-refractivity contribution is 0.407. The van der Waals surface area contributed by atoms with E-state index in [-0.39, 0.29) is 6.04 Å². The van der Waals surface area contributed by atoms with Gasteiger partial charge in [-0.15, -0.1) is 0 Å². The maximum absolute atomic E-state index is 6.15. The van der Waals surface area contributed by atoms with E-state index < -0.39 is 0 Å². The van der Waals surface area contributed by atoms with Crippen molar-refractivity contribution in [2.45, 2.75) is 32.7 Å². The average Bonchev–Trinajstić information content (AvgIpc) is 2.29. The van der Waals surface area contributed by atoms with E-state index in [1.807, 2.05) is 6.07 Å². The van der Waals surface area contributed by atoms with Crippen LogP contribution in [0.15, 0.2) is 21.2 Å². The third-order valence-electron chi connectivity index (χ3n) is 2.97. The van der Waals surface area contributed by atoms with Gasteiger partial charge >= 0.3 is 0 Å². The third-order valence-corrected chi connectivity index (χ3v) is 4.01. The number of nitrogens with one attached hydrogen (secondary N) is 1. The predicted molar refractivity (Wildman–Crippen MR) is 80.2 cm³/mol. The van der Waals surface area contributed by atoms with Gasteiger partial charge < -0.3 is 11.1 Å². The van der Waals surface area contributed by atoms with E-state index in [2.05, 4.69) is 56.0 Å². The van der Waals surface area contributed by atoms with E-state index in [4.69, 9.17) is 5.73 Å². The molecular weight excluding hydrogens is 346 g/mol. The van der Waals surface area contributed by atoms with Crippen LogP contribution in [0.1, 0.15) is 26.7 Å². The van der Waals surface area contributed by atoms with Crippen LogP contribution in [0.5, 0.6) is 0 Å². The molecule has 3 N–H and O–H groups in total. The molecule has 0 aliphatic rings. The van der Waals surface area contributed by atoms with Crippen LogP contribution in [0.4, 0.5) is 5.82 Å². The van der Waals surface area contributed by atoms with Crippen molar-refractivity contribution >= 4 is 37.7 Å². The summed E-state index contributed by atoms with van der Waals surface area (Å²) in [4.78, 5) is 4.30. The van der Waals surface area contributed by atoms with Crippen molar-refractivity contribution in [2.24, 2.45) is 11.7 Å². The second kappa shape index (κ2) is 7.34. The van der Waals surface area contributed by atoms with Gasteiger partial charge in [-0.3, -0.25) is 0 Å². The summed E-state index contributed by atoms with van der Waals surface area (Å²) in [5.41, 5.74) is 6.15. The predicted octanol–water partition coefficient (Wildman–Crippen LogP) is 3.78. The lowest BCUT2D eigenvalue weighted by atomic mass is 9.95. The Hall–Kier alpha value is -0.130. The molecule has 0 radical (unpaired) electrons. The minimum absolute atomic E-state index is 0.169. The summed E-state index contributed by atoms with van der Waals surface area (Å²) in [7, 11) is 0. The molecule has 5 heteroatoms. The van der Waals surface area contributed by atoms with Gasteiger partial charge in [-0.1, -0.05) is 26.7 Å². The van der Waals surface area contributed by atoms with Crippen LogP contribution in [-0.2, 0) is 0 Å². The van der Waals surface area contributed by atoms with E-state index in [0.717, 1.165) is 34.1 Å². The molecule has 1 rings (SSSR count). The van der Waals surface area contributed by atoms with Gasteiger partial charge in [-0.05, 0) is 43.8 Å². The first kappa shape index (κ1) is 14.9. The summed E-state index contributed by atoms with van der Waals surface area (Å²) in [5.74, 6) is 1.41. The summed E-state index contributed by atoms with van der Waals surface area (Å²) in [6.07, 6.45) is 4.01. The molecule has 1 unspecified atom stereocenters. The molecule has 1 atom stereocenters. The van der Waals surface area contributed by atoms with Gasteiger partial charge in [0.2, 0.25) is 0 Å². The Morgan fingerprint density at radius 1 is 1.35 bits per heavy atom. The van der Waals surface area contributed by atoms with Crippen LogP contribution in [0.3, 0.4) is 0 Å². The Bertz CT molecular complexity index is 354. The summed E-state index contributed by atoms with van der Waals surface area (Å²) < 4.78 is 1.91. The quantitative estimate of drug-likeness (QED) is 0.807. The van der Waals surface area contributed by atoms with Crippen LogP contribution in [0.2, 0.25) is 0 Å². The Morgan fingerprint density at radius 3 is 2.53 bits per heavy atom. The van der Waals surface area contributed by atoms with Gasteiger partial charge in [0, 0.05) is 23.3 Å². The van der Waals surface area contributed by atoms with E-state index in [1.165, 1.54) is 0 Å². The molecule has 17 heavy (non-hydrogen) atoms. The van der Waals surface area contributed by atoms with Gasteiger partial charge in [0.1, 0.15) is 5.82 Å². The van der Waals surface area contributed by atoms with Crippen LogP contribution in [0, 0.1) is 5.92 Å². The second-order valence-corrected chi connectivity index (χ2v) is 5.88. The maximum atomic E-state index is 6.15. The van der Waals surface area contributed by atoms with Crippen molar-refractivity contribution in [2.75, 3.05) is 11.9 Å². The standard InChI is InChI=1S/C12H19Br2N3/c1-3-8(4-2)11(15)7-17-12-10(14)5-9(13)6-16-12/h5-6,8,11H,3-4,7,15H2,1-2H3,(H,16,17). The number of nitrogens with zero attached hydrogens (tertiary/aromatic N) is 1. The van der Waals surface area contributed by atoms with Crippen LogP contribution in [-0.4, -0.2) is 17.6 Å². The molecule has 96 valence electrons. The Balaban J connectivity index is 2.55. The van der Waals surface area contributed by atoms with E-state index >= 15 is 0 Å². The monoisotopic (exact) mass is 363 g/mol. The maximum Gasteiger partial charge on any atom is 0.140 e. The normalized spacial score (nSPS) is 12.8. The number of pyridine rings is 1. The highest BCUT2D eigenvalue weighted by molar-refractivity contribution is 9.11. The Kier molecular flexibility index (Phi) is 6.44. The molecular formula is C12H19Br2N3. The van der Waals surface area contributed by atoms with Gasteiger partial charge in [0.15, 0.2) is 0 Å². The van der Waals surface area contributed by atoms with Crippen molar-refractivity contribution in [3.63, 3.8) is 0 Å². The van der Waals surface area contributed by atoms with Gasteiger partial charge in [0.05, 0.1) is 4.47 Å². The molecule has 1 aromatic heterocycles. The minimum Gasteiger partial charge on any atom is -0.368 e. The summed E-state index contributed by atoms with van der Waals surface area (Å²) in [5, 5.41) is 3.29. The first-order valence-corrected chi connectivity index (χ1v) is 7.47. The lowest BCUT2D eigenvalue weighted by Crippen LogP contribution is -2.36. The number of halogens is 2. The zero-order valence-electron chi connectivity index (χ0n) is 10.2. The summed E-state index contributed by atoms with van der Waals surface area (Å²) >= 11 is 6.85. The Morgan fingerprint density at radius 2 is 2.00 bits per heavy atom. The van der Waals surface area contributed by atoms with E-state index in [1.54, 1.807) is 6.20 Å². The van der Waals surface area contributed by atoms with Crippen LogP contribution in [0.25, 0.3) is 0 Å². The largest absolute Gasteiger partial charge is 0.368 e. The second-order valence-electron chi connectivity index (χ2n) is 4.11. The molecule has 0 saturated carbocycles. The summed E-state index contributed by atoms with van der Waals surface area (Å²) in [6.45, 7) is 5.11. The first-order chi connectivity index (χ1) is 8.08. The van der Waals surface area contributed by atoms with Crippen LogP contribution >= 0.6 is 31.9 Å². The summed E-state index contributed by atoms with van der Waals surface area (Å²) in [6, 6.07) is 2.14. The SMILES string of the molecule is CCC(CC)C(N)CNc1ncc(Br)cc1Br. The fourth-order valence-electron chi connectivity index (χ4n) is 1.82. The molecule has 3 nitrogen and oxygen atoms in total. The number of aromatic nitrogens is 1. The molecule has 0 aliphatic carbocycles. The topological polar surface area (TPSA) is 50.9 Å². The molecule has 0 aromatic carbocycles. The van der Waals surface area contributed by atoms with E-state index in [0.29, 0.717) is 5.92 Å². The van der Waals surface area contributed by atoms with Crippen molar-refractivity contribution in [3.05, 3.63) is 21.2 Å².